The van der Waals surface area contributed by atoms with Gasteiger partial charge in [0.1, 0.15) is 5.75 Å². The summed E-state index contributed by atoms with van der Waals surface area (Å²) in [6.07, 6.45) is 1.75. The highest BCUT2D eigenvalue weighted by atomic mass is 79.9. The largest absolute Gasteiger partial charge is 0.493 e. The number of halogens is 2. The van der Waals surface area contributed by atoms with Crippen LogP contribution in [0.25, 0.3) is 6.08 Å². The molecule has 1 aromatic heterocycles. The molecule has 1 atom stereocenters. The van der Waals surface area contributed by atoms with E-state index in [0.29, 0.717) is 53.9 Å². The number of nitrogens with zero attached hydrogens (tertiary/aromatic N) is 2. The van der Waals surface area contributed by atoms with Gasteiger partial charge < -0.3 is 18.9 Å². The van der Waals surface area contributed by atoms with Crippen LogP contribution in [0, 0.1) is 0 Å². The molecule has 0 saturated heterocycles. The van der Waals surface area contributed by atoms with Gasteiger partial charge in [-0.1, -0.05) is 44.9 Å². The van der Waals surface area contributed by atoms with Gasteiger partial charge in [0.05, 0.1) is 54.3 Å². The molecule has 3 aromatic rings. The summed E-state index contributed by atoms with van der Waals surface area (Å²) in [7, 11) is 3.06. The molecule has 0 amide bonds. The molecule has 0 bridgehead atoms. The van der Waals surface area contributed by atoms with Gasteiger partial charge in [0.15, 0.2) is 16.3 Å². The lowest BCUT2D eigenvalue weighted by molar-refractivity contribution is -0.139. The standard InChI is InChI=1S/C27H26BrClN2O6S/c1-6-36-19-9-8-15(10-18(19)29)11-22-25(32)31-24(16-12-20(34-4)21(35-5)13-17(16)28)23(26(33)37-7-2)14(3)30-27(31)38-22/h8-13,24H,6-7H2,1-5H3/b22-11-/t24-/m1/s1. The van der Waals surface area contributed by atoms with Crippen LogP contribution in [0.1, 0.15) is 37.9 Å². The minimum absolute atomic E-state index is 0.179. The van der Waals surface area contributed by atoms with Crippen LogP contribution in [0.5, 0.6) is 17.2 Å². The Balaban J connectivity index is 1.96. The lowest BCUT2D eigenvalue weighted by atomic mass is 9.95. The van der Waals surface area contributed by atoms with E-state index in [1.54, 1.807) is 44.2 Å². The van der Waals surface area contributed by atoms with Gasteiger partial charge in [0.2, 0.25) is 0 Å². The first-order valence-electron chi connectivity index (χ1n) is 11.8. The first-order chi connectivity index (χ1) is 18.2. The van der Waals surface area contributed by atoms with Crippen LogP contribution >= 0.6 is 38.9 Å². The Morgan fingerprint density at radius 3 is 2.47 bits per heavy atom. The number of rotatable bonds is 8. The molecule has 0 radical (unpaired) electrons. The predicted molar refractivity (Wildman–Crippen MR) is 150 cm³/mol. The number of esters is 1. The Morgan fingerprint density at radius 1 is 1.13 bits per heavy atom. The molecule has 0 saturated carbocycles. The zero-order chi connectivity index (χ0) is 27.6. The van der Waals surface area contributed by atoms with Gasteiger partial charge >= 0.3 is 5.97 Å². The number of ether oxygens (including phenoxy) is 4. The van der Waals surface area contributed by atoms with Crippen molar-refractivity contribution in [3.8, 4) is 17.2 Å². The molecule has 11 heteroatoms. The first-order valence-corrected chi connectivity index (χ1v) is 13.8. The summed E-state index contributed by atoms with van der Waals surface area (Å²) in [5.41, 5.74) is 1.78. The summed E-state index contributed by atoms with van der Waals surface area (Å²) >= 11 is 11.2. The fourth-order valence-electron chi connectivity index (χ4n) is 4.20. The molecule has 0 unspecified atom stereocenters. The van der Waals surface area contributed by atoms with Crippen LogP contribution in [0.4, 0.5) is 0 Å². The lowest BCUT2D eigenvalue weighted by Crippen LogP contribution is -2.40. The van der Waals surface area contributed by atoms with Crippen LogP contribution in [0.15, 0.2) is 55.9 Å². The van der Waals surface area contributed by atoms with Crippen LogP contribution in [-0.2, 0) is 9.53 Å². The minimum Gasteiger partial charge on any atom is -0.493 e. The van der Waals surface area contributed by atoms with Gasteiger partial charge in [0, 0.05) is 4.47 Å². The maximum atomic E-state index is 13.9. The zero-order valence-corrected chi connectivity index (χ0v) is 24.6. The third-order valence-corrected chi connectivity index (χ3v) is 7.83. The Kier molecular flexibility index (Phi) is 8.64. The van der Waals surface area contributed by atoms with Crippen LogP contribution in [-0.4, -0.2) is 38.0 Å². The highest BCUT2D eigenvalue weighted by Crippen LogP contribution is 2.40. The van der Waals surface area contributed by atoms with Crippen LogP contribution in [0.3, 0.4) is 0 Å². The summed E-state index contributed by atoms with van der Waals surface area (Å²) in [5, 5.41) is 0.445. The number of methoxy groups -OCH3 is 2. The molecule has 2 heterocycles. The molecule has 0 fully saturated rings. The number of thiazole rings is 1. The topological polar surface area (TPSA) is 88.4 Å². The van der Waals surface area contributed by atoms with Gasteiger partial charge in [-0.3, -0.25) is 9.36 Å². The second kappa shape index (κ2) is 11.8. The van der Waals surface area contributed by atoms with E-state index < -0.39 is 12.0 Å². The summed E-state index contributed by atoms with van der Waals surface area (Å²) in [6, 6.07) is 8.00. The van der Waals surface area contributed by atoms with Crippen molar-refractivity contribution in [2.24, 2.45) is 4.99 Å². The van der Waals surface area contributed by atoms with E-state index in [-0.39, 0.29) is 17.7 Å². The fraction of sp³-hybridized carbons (Fsp3) is 0.296. The van der Waals surface area contributed by atoms with E-state index >= 15 is 0 Å². The van der Waals surface area contributed by atoms with Crippen molar-refractivity contribution >= 4 is 50.9 Å². The van der Waals surface area contributed by atoms with Crippen molar-refractivity contribution in [2.45, 2.75) is 26.8 Å². The Hall–Kier alpha value is -3.08. The monoisotopic (exact) mass is 620 g/mol. The van der Waals surface area contributed by atoms with Crippen molar-refractivity contribution in [3.05, 3.63) is 81.9 Å². The third-order valence-electron chi connectivity index (χ3n) is 5.87. The molecule has 0 spiro atoms. The Bertz CT molecular complexity index is 1610. The second-order valence-electron chi connectivity index (χ2n) is 8.15. The van der Waals surface area contributed by atoms with Crippen molar-refractivity contribution in [1.29, 1.82) is 0 Å². The predicted octanol–water partition coefficient (Wildman–Crippen LogP) is 4.63. The van der Waals surface area contributed by atoms with Crippen molar-refractivity contribution in [1.82, 2.24) is 4.57 Å². The van der Waals surface area contributed by atoms with Crippen LogP contribution < -0.4 is 29.1 Å². The molecule has 1 aliphatic rings. The van der Waals surface area contributed by atoms with E-state index in [0.717, 1.165) is 5.56 Å². The molecule has 4 rings (SSSR count). The van der Waals surface area contributed by atoms with Gasteiger partial charge in [0.25, 0.3) is 5.56 Å². The molecular weight excluding hydrogens is 596 g/mol. The van der Waals surface area contributed by atoms with Crippen molar-refractivity contribution < 1.29 is 23.7 Å². The average molecular weight is 622 g/mol. The highest BCUT2D eigenvalue weighted by molar-refractivity contribution is 9.10. The maximum absolute atomic E-state index is 13.9. The Labute approximate surface area is 236 Å². The quantitative estimate of drug-likeness (QED) is 0.341. The normalized spacial score (nSPS) is 15.1. The molecule has 2 aromatic carbocycles. The third kappa shape index (κ3) is 5.25. The highest BCUT2D eigenvalue weighted by Gasteiger charge is 2.35. The Morgan fingerprint density at radius 2 is 1.84 bits per heavy atom. The molecule has 38 heavy (non-hydrogen) atoms. The van der Waals surface area contributed by atoms with E-state index in [4.69, 9.17) is 30.5 Å². The summed E-state index contributed by atoms with van der Waals surface area (Å²) < 4.78 is 24.4. The fourth-order valence-corrected chi connectivity index (χ4v) is 6.03. The van der Waals surface area contributed by atoms with E-state index in [9.17, 15) is 9.59 Å². The van der Waals surface area contributed by atoms with E-state index in [2.05, 4.69) is 20.9 Å². The average Bonchev–Trinajstić information content (AvgIpc) is 3.19. The molecule has 8 nitrogen and oxygen atoms in total. The minimum atomic E-state index is -0.814. The first kappa shape index (κ1) is 27.9. The summed E-state index contributed by atoms with van der Waals surface area (Å²) in [4.78, 5) is 32.1. The second-order valence-corrected chi connectivity index (χ2v) is 10.4. The van der Waals surface area contributed by atoms with Crippen LogP contribution in [0.2, 0.25) is 5.02 Å². The molecular formula is C27H26BrClN2O6S. The number of allylic oxidation sites excluding steroid dienone is 1. The number of carbonyl (C=O) groups is 1. The van der Waals surface area contributed by atoms with Gasteiger partial charge in [-0.2, -0.15) is 0 Å². The van der Waals surface area contributed by atoms with Gasteiger partial charge in [-0.25, -0.2) is 9.79 Å². The summed E-state index contributed by atoms with van der Waals surface area (Å²) in [5.74, 6) is 0.977. The van der Waals surface area contributed by atoms with Gasteiger partial charge in [-0.15, -0.1) is 0 Å². The maximum Gasteiger partial charge on any atom is 0.338 e. The zero-order valence-electron chi connectivity index (χ0n) is 21.5. The number of fused-ring (bicyclic) bond motifs is 1. The molecule has 200 valence electrons. The van der Waals surface area contributed by atoms with Gasteiger partial charge in [-0.05, 0) is 62.2 Å². The molecule has 1 aliphatic heterocycles. The number of carbonyl (C=O) groups excluding carboxylic acids is 1. The van der Waals surface area contributed by atoms with Crippen molar-refractivity contribution in [3.63, 3.8) is 0 Å². The molecule has 0 aliphatic carbocycles. The smallest absolute Gasteiger partial charge is 0.338 e. The number of hydrogen-bond acceptors (Lipinski definition) is 8. The van der Waals surface area contributed by atoms with Crippen molar-refractivity contribution in [2.75, 3.05) is 27.4 Å². The lowest BCUT2D eigenvalue weighted by Gasteiger charge is -2.26. The van der Waals surface area contributed by atoms with E-state index in [1.807, 2.05) is 13.0 Å². The molecule has 0 N–H and O–H groups in total. The SMILES string of the molecule is CCOC(=O)C1=C(C)N=c2s/c(=C\c3ccc(OCC)c(Cl)c3)c(=O)n2[C@@H]1c1cc(OC)c(OC)cc1Br. The summed E-state index contributed by atoms with van der Waals surface area (Å²) in [6.45, 7) is 6.01. The number of benzene rings is 2. The van der Waals surface area contributed by atoms with E-state index in [1.165, 1.54) is 30.1 Å². The number of aromatic nitrogens is 1. The number of hydrogen-bond donors (Lipinski definition) is 0.